The number of ether oxygens (including phenoxy) is 1. The summed E-state index contributed by atoms with van der Waals surface area (Å²) >= 11 is 5.88. The molecular weight excluding hydrogens is 214 g/mol. The first-order valence-corrected chi connectivity index (χ1v) is 5.01. The van der Waals surface area contributed by atoms with Gasteiger partial charge < -0.3 is 10.5 Å². The molecule has 0 saturated carbocycles. The van der Waals surface area contributed by atoms with Crippen LogP contribution < -0.4 is 5.73 Å². The summed E-state index contributed by atoms with van der Waals surface area (Å²) in [5, 5.41) is 0.713. The molecule has 4 heteroatoms. The third kappa shape index (κ3) is 3.22. The third-order valence-electron chi connectivity index (χ3n) is 2.18. The van der Waals surface area contributed by atoms with Crippen LogP contribution in [0.15, 0.2) is 18.2 Å². The maximum Gasteiger partial charge on any atom is 0.322 e. The minimum Gasteiger partial charge on any atom is -0.468 e. The molecule has 0 bridgehead atoms. The van der Waals surface area contributed by atoms with Crippen LogP contribution in [0.2, 0.25) is 5.02 Å². The zero-order chi connectivity index (χ0) is 11.4. The lowest BCUT2D eigenvalue weighted by molar-refractivity contribution is -0.142. The molecular formula is C11H14ClNO2. The number of aryl methyl sites for hydroxylation is 1. The molecule has 1 rings (SSSR count). The molecule has 0 radical (unpaired) electrons. The van der Waals surface area contributed by atoms with E-state index >= 15 is 0 Å². The Bertz CT molecular complexity index is 366. The van der Waals surface area contributed by atoms with Gasteiger partial charge in [0.2, 0.25) is 0 Å². The van der Waals surface area contributed by atoms with Gasteiger partial charge in [0.1, 0.15) is 6.04 Å². The van der Waals surface area contributed by atoms with Crippen molar-refractivity contribution < 1.29 is 9.53 Å². The Balaban J connectivity index is 2.73. The standard InChI is InChI=1S/C11H14ClNO2/c1-7-5-8(3-4-9(7)12)6-10(13)11(14)15-2/h3-5,10H,6,13H2,1-2H3. The third-order valence-corrected chi connectivity index (χ3v) is 2.61. The molecule has 0 spiro atoms. The number of methoxy groups -OCH3 is 1. The van der Waals surface area contributed by atoms with Gasteiger partial charge in [0, 0.05) is 5.02 Å². The molecule has 0 aliphatic rings. The van der Waals surface area contributed by atoms with E-state index < -0.39 is 12.0 Å². The fraction of sp³-hybridized carbons (Fsp3) is 0.364. The minimum atomic E-state index is -0.615. The Hall–Kier alpha value is -1.06. The first-order chi connectivity index (χ1) is 7.04. The maximum atomic E-state index is 11.1. The fourth-order valence-corrected chi connectivity index (χ4v) is 1.44. The molecule has 0 aromatic heterocycles. The van der Waals surface area contributed by atoms with Crippen molar-refractivity contribution in [3.8, 4) is 0 Å². The molecule has 0 heterocycles. The van der Waals surface area contributed by atoms with E-state index in [4.69, 9.17) is 17.3 Å². The Morgan fingerprint density at radius 2 is 2.27 bits per heavy atom. The summed E-state index contributed by atoms with van der Waals surface area (Å²) in [5.41, 5.74) is 7.60. The van der Waals surface area contributed by atoms with Gasteiger partial charge in [-0.1, -0.05) is 23.7 Å². The van der Waals surface area contributed by atoms with Crippen LogP contribution in [0.3, 0.4) is 0 Å². The maximum absolute atomic E-state index is 11.1. The number of carbonyl (C=O) groups excluding carboxylic acids is 1. The normalized spacial score (nSPS) is 12.3. The summed E-state index contributed by atoms with van der Waals surface area (Å²) in [6.45, 7) is 1.91. The van der Waals surface area contributed by atoms with Gasteiger partial charge in [-0.2, -0.15) is 0 Å². The molecule has 0 fully saturated rings. The highest BCUT2D eigenvalue weighted by Gasteiger charge is 2.14. The van der Waals surface area contributed by atoms with E-state index in [1.807, 2.05) is 19.1 Å². The van der Waals surface area contributed by atoms with Crippen LogP contribution in [0.1, 0.15) is 11.1 Å². The number of carbonyl (C=O) groups is 1. The highest BCUT2D eigenvalue weighted by atomic mass is 35.5. The van der Waals surface area contributed by atoms with E-state index in [-0.39, 0.29) is 0 Å². The van der Waals surface area contributed by atoms with E-state index in [1.54, 1.807) is 6.07 Å². The molecule has 2 N–H and O–H groups in total. The molecule has 0 amide bonds. The van der Waals surface area contributed by atoms with E-state index in [1.165, 1.54) is 7.11 Å². The van der Waals surface area contributed by atoms with Crippen molar-refractivity contribution in [1.29, 1.82) is 0 Å². The zero-order valence-electron chi connectivity index (χ0n) is 8.79. The predicted octanol–water partition coefficient (Wildman–Crippen LogP) is 1.69. The number of halogens is 1. The first-order valence-electron chi connectivity index (χ1n) is 4.63. The van der Waals surface area contributed by atoms with Crippen LogP contribution in [0.4, 0.5) is 0 Å². The largest absolute Gasteiger partial charge is 0.468 e. The van der Waals surface area contributed by atoms with E-state index in [9.17, 15) is 4.79 Å². The SMILES string of the molecule is COC(=O)C(N)Cc1ccc(Cl)c(C)c1. The smallest absolute Gasteiger partial charge is 0.322 e. The molecule has 0 aliphatic carbocycles. The lowest BCUT2D eigenvalue weighted by Crippen LogP contribution is -2.33. The van der Waals surface area contributed by atoms with Crippen molar-refractivity contribution >= 4 is 17.6 Å². The monoisotopic (exact) mass is 227 g/mol. The van der Waals surface area contributed by atoms with Crippen molar-refractivity contribution in [2.75, 3.05) is 7.11 Å². The minimum absolute atomic E-state index is 0.400. The molecule has 15 heavy (non-hydrogen) atoms. The van der Waals surface area contributed by atoms with Gasteiger partial charge in [0.15, 0.2) is 0 Å². The molecule has 3 nitrogen and oxygen atoms in total. The van der Waals surface area contributed by atoms with Crippen LogP contribution in [-0.2, 0) is 16.0 Å². The second kappa shape index (κ2) is 5.14. The highest BCUT2D eigenvalue weighted by Crippen LogP contribution is 2.17. The molecule has 1 atom stereocenters. The Labute approximate surface area is 94.2 Å². The van der Waals surface area contributed by atoms with Crippen molar-refractivity contribution in [2.24, 2.45) is 5.73 Å². The topological polar surface area (TPSA) is 52.3 Å². The summed E-state index contributed by atoms with van der Waals surface area (Å²) in [5.74, 6) is -0.400. The summed E-state index contributed by atoms with van der Waals surface area (Å²) in [7, 11) is 1.33. The second-order valence-corrected chi connectivity index (χ2v) is 3.82. The van der Waals surface area contributed by atoms with E-state index in [0.717, 1.165) is 11.1 Å². The number of rotatable bonds is 3. The Kier molecular flexibility index (Phi) is 4.12. The van der Waals surface area contributed by atoms with Gasteiger partial charge in [-0.25, -0.2) is 0 Å². The molecule has 82 valence electrons. The number of nitrogens with two attached hydrogens (primary N) is 1. The number of benzene rings is 1. The lowest BCUT2D eigenvalue weighted by Gasteiger charge is -2.09. The quantitative estimate of drug-likeness (QED) is 0.800. The van der Waals surface area contributed by atoms with Crippen LogP contribution in [0.5, 0.6) is 0 Å². The summed E-state index contributed by atoms with van der Waals surface area (Å²) in [6.07, 6.45) is 0.463. The Morgan fingerprint density at radius 3 is 2.80 bits per heavy atom. The molecule has 0 aliphatic heterocycles. The van der Waals surface area contributed by atoms with Gasteiger partial charge >= 0.3 is 5.97 Å². The van der Waals surface area contributed by atoms with Crippen molar-refractivity contribution in [3.05, 3.63) is 34.3 Å². The number of hydrogen-bond acceptors (Lipinski definition) is 3. The van der Waals surface area contributed by atoms with Gasteiger partial charge in [0.05, 0.1) is 7.11 Å². The van der Waals surface area contributed by atoms with Crippen LogP contribution in [0.25, 0.3) is 0 Å². The van der Waals surface area contributed by atoms with Crippen molar-refractivity contribution in [3.63, 3.8) is 0 Å². The molecule has 1 aromatic carbocycles. The number of esters is 1. The highest BCUT2D eigenvalue weighted by molar-refractivity contribution is 6.31. The van der Waals surface area contributed by atoms with Gasteiger partial charge in [-0.05, 0) is 30.5 Å². The average molecular weight is 228 g/mol. The van der Waals surface area contributed by atoms with Crippen LogP contribution in [0, 0.1) is 6.92 Å². The molecule has 1 unspecified atom stereocenters. The second-order valence-electron chi connectivity index (χ2n) is 3.42. The fourth-order valence-electron chi connectivity index (χ4n) is 1.32. The Morgan fingerprint density at radius 1 is 1.60 bits per heavy atom. The average Bonchev–Trinajstić information content (AvgIpc) is 2.22. The summed E-state index contributed by atoms with van der Waals surface area (Å²) < 4.78 is 4.55. The first kappa shape index (κ1) is 12.0. The van der Waals surface area contributed by atoms with Gasteiger partial charge in [0.25, 0.3) is 0 Å². The van der Waals surface area contributed by atoms with Crippen LogP contribution >= 0.6 is 11.6 Å². The molecule has 1 aromatic rings. The predicted molar refractivity (Wildman–Crippen MR) is 59.9 cm³/mol. The van der Waals surface area contributed by atoms with Gasteiger partial charge in [-0.3, -0.25) is 4.79 Å². The van der Waals surface area contributed by atoms with Crippen molar-refractivity contribution in [2.45, 2.75) is 19.4 Å². The summed E-state index contributed by atoms with van der Waals surface area (Å²) in [4.78, 5) is 11.1. The molecule has 0 saturated heterocycles. The van der Waals surface area contributed by atoms with Crippen LogP contribution in [-0.4, -0.2) is 19.1 Å². The lowest BCUT2D eigenvalue weighted by atomic mass is 10.0. The van der Waals surface area contributed by atoms with Gasteiger partial charge in [-0.15, -0.1) is 0 Å². The number of hydrogen-bond donors (Lipinski definition) is 1. The summed E-state index contributed by atoms with van der Waals surface area (Å²) in [6, 6.07) is 4.97. The van der Waals surface area contributed by atoms with E-state index in [0.29, 0.717) is 11.4 Å². The van der Waals surface area contributed by atoms with E-state index in [2.05, 4.69) is 4.74 Å². The zero-order valence-corrected chi connectivity index (χ0v) is 9.54. The van der Waals surface area contributed by atoms with Crippen molar-refractivity contribution in [1.82, 2.24) is 0 Å².